The molecular weight excluding hydrogens is 324 g/mol. The van der Waals surface area contributed by atoms with Crippen LogP contribution in [0.3, 0.4) is 0 Å². The number of amides is 1. The van der Waals surface area contributed by atoms with Gasteiger partial charge in [-0.1, -0.05) is 24.1 Å². The number of aryl methyl sites for hydroxylation is 1. The predicted molar refractivity (Wildman–Crippen MR) is 94.3 cm³/mol. The summed E-state index contributed by atoms with van der Waals surface area (Å²) in [6.45, 7) is 3.76. The lowest BCUT2D eigenvalue weighted by Crippen LogP contribution is -2.24. The molecule has 0 aliphatic rings. The lowest BCUT2D eigenvalue weighted by Gasteiger charge is -2.11. The van der Waals surface area contributed by atoms with E-state index in [1.807, 2.05) is 26.0 Å². The molecule has 0 radical (unpaired) electrons. The fourth-order valence-corrected chi connectivity index (χ4v) is 3.09. The molecule has 0 bridgehead atoms. The van der Waals surface area contributed by atoms with Gasteiger partial charge in [-0.15, -0.1) is 6.42 Å². The van der Waals surface area contributed by atoms with Crippen LogP contribution in [-0.4, -0.2) is 20.9 Å². The average Bonchev–Trinajstić information content (AvgIpc) is 2.57. The normalized spacial score (nSPS) is 10.9. The molecule has 0 unspecified atom stereocenters. The summed E-state index contributed by atoms with van der Waals surface area (Å²) in [7, 11) is -3.74. The Morgan fingerprint density at radius 3 is 2.58 bits per heavy atom. The zero-order chi connectivity index (χ0) is 17.7. The van der Waals surface area contributed by atoms with E-state index in [-0.39, 0.29) is 22.9 Å². The number of anilines is 1. The second-order valence-corrected chi connectivity index (χ2v) is 7.03. The third-order valence-electron chi connectivity index (χ3n) is 3.62. The standard InChI is InChI=1S/C18H18N2O3S/c1-4-11-19-24(22,23)16-9-6-8-15(12-16)18(21)20-17-10-5-7-13(2)14(17)3/h1,5-10,12,19H,11H2,2-3H3,(H,20,21). The van der Waals surface area contributed by atoms with Crippen LogP contribution in [0.15, 0.2) is 47.4 Å². The second kappa shape index (κ2) is 7.30. The highest BCUT2D eigenvalue weighted by Gasteiger charge is 2.16. The fraction of sp³-hybridized carbons (Fsp3) is 0.167. The van der Waals surface area contributed by atoms with Crippen molar-refractivity contribution >= 4 is 21.6 Å². The largest absolute Gasteiger partial charge is 0.322 e. The topological polar surface area (TPSA) is 75.3 Å². The van der Waals surface area contributed by atoms with E-state index >= 15 is 0 Å². The van der Waals surface area contributed by atoms with Crippen molar-refractivity contribution in [3.05, 3.63) is 59.2 Å². The molecule has 0 saturated heterocycles. The minimum Gasteiger partial charge on any atom is -0.322 e. The number of rotatable bonds is 5. The molecule has 6 heteroatoms. The summed E-state index contributed by atoms with van der Waals surface area (Å²) in [5.74, 6) is 1.83. The van der Waals surface area contributed by atoms with Gasteiger partial charge in [-0.05, 0) is 49.2 Å². The van der Waals surface area contributed by atoms with Crippen LogP contribution in [0.25, 0.3) is 0 Å². The summed E-state index contributed by atoms with van der Waals surface area (Å²) >= 11 is 0. The van der Waals surface area contributed by atoms with Gasteiger partial charge in [-0.3, -0.25) is 4.79 Å². The van der Waals surface area contributed by atoms with Crippen molar-refractivity contribution in [2.24, 2.45) is 0 Å². The maximum Gasteiger partial charge on any atom is 0.255 e. The lowest BCUT2D eigenvalue weighted by atomic mass is 10.1. The van der Waals surface area contributed by atoms with Gasteiger partial charge in [-0.25, -0.2) is 8.42 Å². The summed E-state index contributed by atoms with van der Waals surface area (Å²) < 4.78 is 26.4. The van der Waals surface area contributed by atoms with Crippen LogP contribution in [0.1, 0.15) is 21.5 Å². The van der Waals surface area contributed by atoms with E-state index in [4.69, 9.17) is 6.42 Å². The number of nitrogens with one attached hydrogen (secondary N) is 2. The maximum atomic E-state index is 12.4. The summed E-state index contributed by atoms with van der Waals surface area (Å²) in [5, 5.41) is 2.80. The average molecular weight is 342 g/mol. The van der Waals surface area contributed by atoms with Gasteiger partial charge in [0, 0.05) is 11.3 Å². The maximum absolute atomic E-state index is 12.4. The van der Waals surface area contributed by atoms with Crippen LogP contribution in [0, 0.1) is 26.2 Å². The summed E-state index contributed by atoms with van der Waals surface area (Å²) in [5.41, 5.74) is 2.96. The van der Waals surface area contributed by atoms with Crippen molar-refractivity contribution in [2.45, 2.75) is 18.7 Å². The number of carbonyl (C=O) groups is 1. The molecule has 0 spiro atoms. The Hall–Kier alpha value is -2.62. The zero-order valence-corrected chi connectivity index (χ0v) is 14.3. The Kier molecular flexibility index (Phi) is 5.39. The molecule has 2 N–H and O–H groups in total. The van der Waals surface area contributed by atoms with Crippen molar-refractivity contribution in [3.8, 4) is 12.3 Å². The first kappa shape index (κ1) is 17.7. The van der Waals surface area contributed by atoms with Gasteiger partial charge in [0.25, 0.3) is 5.91 Å². The third-order valence-corrected chi connectivity index (χ3v) is 5.02. The molecule has 0 fully saturated rings. The minimum atomic E-state index is -3.74. The summed E-state index contributed by atoms with van der Waals surface area (Å²) in [4.78, 5) is 12.4. The first-order valence-corrected chi connectivity index (χ1v) is 8.74. The smallest absolute Gasteiger partial charge is 0.255 e. The predicted octanol–water partition coefficient (Wildman–Crippen LogP) is 2.47. The van der Waals surface area contributed by atoms with Crippen LogP contribution >= 0.6 is 0 Å². The Labute approximate surface area is 142 Å². The summed E-state index contributed by atoms with van der Waals surface area (Å²) in [6, 6.07) is 11.4. The molecule has 2 aromatic rings. The third kappa shape index (κ3) is 4.02. The zero-order valence-electron chi connectivity index (χ0n) is 13.5. The van der Waals surface area contributed by atoms with Crippen molar-refractivity contribution < 1.29 is 13.2 Å². The van der Waals surface area contributed by atoms with Crippen LogP contribution < -0.4 is 10.0 Å². The monoisotopic (exact) mass is 342 g/mol. The van der Waals surface area contributed by atoms with E-state index in [1.54, 1.807) is 12.1 Å². The van der Waals surface area contributed by atoms with E-state index in [9.17, 15) is 13.2 Å². The Balaban J connectivity index is 2.27. The minimum absolute atomic E-state index is 0.00800. The van der Waals surface area contributed by atoms with Gasteiger partial charge >= 0.3 is 0 Å². The first-order chi connectivity index (χ1) is 11.3. The highest BCUT2D eigenvalue weighted by molar-refractivity contribution is 7.89. The number of hydrogen-bond donors (Lipinski definition) is 2. The second-order valence-electron chi connectivity index (χ2n) is 5.26. The molecule has 1 amide bonds. The molecule has 0 heterocycles. The molecule has 5 nitrogen and oxygen atoms in total. The van der Waals surface area contributed by atoms with Crippen LogP contribution in [0.5, 0.6) is 0 Å². The Bertz CT molecular complexity index is 912. The number of hydrogen-bond acceptors (Lipinski definition) is 3. The Morgan fingerprint density at radius 2 is 1.88 bits per heavy atom. The molecule has 2 aromatic carbocycles. The molecule has 0 atom stereocenters. The highest BCUT2D eigenvalue weighted by atomic mass is 32.2. The van der Waals surface area contributed by atoms with E-state index in [2.05, 4.69) is 16.0 Å². The molecule has 0 aliphatic carbocycles. The van der Waals surface area contributed by atoms with Crippen molar-refractivity contribution in [2.75, 3.05) is 11.9 Å². The van der Waals surface area contributed by atoms with E-state index in [0.29, 0.717) is 5.69 Å². The lowest BCUT2D eigenvalue weighted by molar-refractivity contribution is 0.102. The molecular formula is C18H18N2O3S. The van der Waals surface area contributed by atoms with Crippen molar-refractivity contribution in [3.63, 3.8) is 0 Å². The van der Waals surface area contributed by atoms with E-state index in [1.165, 1.54) is 18.2 Å². The first-order valence-electron chi connectivity index (χ1n) is 7.26. The van der Waals surface area contributed by atoms with Gasteiger partial charge in [0.1, 0.15) is 0 Å². The molecule has 0 aliphatic heterocycles. The number of benzene rings is 2. The molecule has 2 rings (SSSR count). The number of terminal acetylenes is 1. The van der Waals surface area contributed by atoms with Gasteiger partial charge in [0.2, 0.25) is 10.0 Å². The van der Waals surface area contributed by atoms with Gasteiger partial charge < -0.3 is 5.32 Å². The number of carbonyl (C=O) groups excluding carboxylic acids is 1. The molecule has 0 aromatic heterocycles. The molecule has 0 saturated carbocycles. The quantitative estimate of drug-likeness (QED) is 0.820. The van der Waals surface area contributed by atoms with Crippen LogP contribution in [-0.2, 0) is 10.0 Å². The molecule has 124 valence electrons. The SMILES string of the molecule is C#CCNS(=O)(=O)c1cccc(C(=O)Nc2cccc(C)c2C)c1. The van der Waals surface area contributed by atoms with Crippen LogP contribution in [0.4, 0.5) is 5.69 Å². The molecule has 24 heavy (non-hydrogen) atoms. The van der Waals surface area contributed by atoms with Crippen molar-refractivity contribution in [1.82, 2.24) is 4.72 Å². The Morgan fingerprint density at radius 1 is 1.17 bits per heavy atom. The van der Waals surface area contributed by atoms with Crippen molar-refractivity contribution in [1.29, 1.82) is 0 Å². The van der Waals surface area contributed by atoms with Crippen LogP contribution in [0.2, 0.25) is 0 Å². The fourth-order valence-electron chi connectivity index (χ4n) is 2.11. The summed E-state index contributed by atoms with van der Waals surface area (Å²) in [6.07, 6.45) is 5.06. The van der Waals surface area contributed by atoms with Gasteiger partial charge in [-0.2, -0.15) is 4.72 Å². The van der Waals surface area contributed by atoms with E-state index in [0.717, 1.165) is 11.1 Å². The van der Waals surface area contributed by atoms with Gasteiger partial charge in [0.15, 0.2) is 0 Å². The van der Waals surface area contributed by atoms with Gasteiger partial charge in [0.05, 0.1) is 11.4 Å². The van der Waals surface area contributed by atoms with E-state index < -0.39 is 10.0 Å². The highest BCUT2D eigenvalue weighted by Crippen LogP contribution is 2.19. The number of sulfonamides is 1.